The molecule has 0 N–H and O–H groups in total. The van der Waals surface area contributed by atoms with Crippen molar-refractivity contribution in [2.45, 2.75) is 31.1 Å². The fraction of sp³-hybridized carbons (Fsp3) is 0.389. The fourth-order valence-electron chi connectivity index (χ4n) is 2.23. The molecule has 0 saturated carbocycles. The minimum Gasteiger partial charge on any atom is -0.491 e. The number of pyridine rings is 1. The lowest BCUT2D eigenvalue weighted by Gasteiger charge is -2.14. The van der Waals surface area contributed by atoms with Crippen LogP contribution >= 0.6 is 50.7 Å². The summed E-state index contributed by atoms with van der Waals surface area (Å²) in [4.78, 5) is 4.15. The van der Waals surface area contributed by atoms with E-state index in [0.29, 0.717) is 17.5 Å². The molecule has 0 aliphatic carbocycles. The highest BCUT2D eigenvalue weighted by Crippen LogP contribution is 2.39. The van der Waals surface area contributed by atoms with Gasteiger partial charge in [0, 0.05) is 16.4 Å². The zero-order chi connectivity index (χ0) is 20.7. The summed E-state index contributed by atoms with van der Waals surface area (Å²) in [6.45, 7) is 2.41. The van der Waals surface area contributed by atoms with Crippen molar-refractivity contribution >= 4 is 60.6 Å². The van der Waals surface area contributed by atoms with E-state index in [1.54, 1.807) is 12.1 Å². The van der Waals surface area contributed by atoms with Gasteiger partial charge < -0.3 is 9.47 Å². The highest BCUT2D eigenvalue weighted by atomic mass is 79.9. The highest BCUT2D eigenvalue weighted by Gasteiger charge is 2.22. The molecule has 2 rings (SSSR count). The van der Waals surface area contributed by atoms with Gasteiger partial charge in [0.15, 0.2) is 21.3 Å². The Kier molecular flexibility index (Phi) is 9.15. The molecule has 1 aromatic carbocycles. The van der Waals surface area contributed by atoms with Crippen LogP contribution in [0, 0.1) is 0 Å². The molecule has 1 aromatic heterocycles. The number of alkyl halides is 1. The van der Waals surface area contributed by atoms with Crippen LogP contribution in [0.1, 0.15) is 26.2 Å². The standard InChI is InChI=1S/C18H19BrCl3NO4S/c1-2-3-6-26-15-11-23-17(10-16(15)28(24,25)7-4-5-20)27-18-13(21)8-12(19)9-14(18)22/h8-11H,2-7H2,1H3. The molecule has 0 amide bonds. The molecule has 0 radical (unpaired) electrons. The lowest BCUT2D eigenvalue weighted by Crippen LogP contribution is -2.11. The molecule has 5 nitrogen and oxygen atoms in total. The summed E-state index contributed by atoms with van der Waals surface area (Å²) >= 11 is 21.3. The van der Waals surface area contributed by atoms with E-state index < -0.39 is 9.84 Å². The monoisotopic (exact) mass is 529 g/mol. The average molecular weight is 532 g/mol. The Balaban J connectivity index is 2.41. The molecule has 10 heteroatoms. The predicted molar refractivity (Wildman–Crippen MR) is 116 cm³/mol. The molecule has 0 spiro atoms. The summed E-state index contributed by atoms with van der Waals surface area (Å²) in [7, 11) is -3.63. The van der Waals surface area contributed by atoms with Crippen molar-refractivity contribution < 1.29 is 17.9 Å². The summed E-state index contributed by atoms with van der Waals surface area (Å²) in [5, 5.41) is 0.520. The first-order valence-corrected chi connectivity index (χ1v) is 12.3. The Bertz CT molecular complexity index is 902. The minimum atomic E-state index is -3.63. The third-order valence-electron chi connectivity index (χ3n) is 3.61. The molecular weight excluding hydrogens is 513 g/mol. The SMILES string of the molecule is CCCCOc1cnc(Oc2c(Cl)cc(Br)cc2Cl)cc1S(=O)(=O)CCCCl. The molecule has 0 fully saturated rings. The number of unbranched alkanes of at least 4 members (excludes halogenated alkanes) is 1. The quantitative estimate of drug-likeness (QED) is 0.258. The average Bonchev–Trinajstić information content (AvgIpc) is 2.64. The molecule has 0 aliphatic heterocycles. The Morgan fingerprint density at radius 3 is 2.43 bits per heavy atom. The van der Waals surface area contributed by atoms with Gasteiger partial charge in [-0.3, -0.25) is 0 Å². The van der Waals surface area contributed by atoms with E-state index in [9.17, 15) is 8.42 Å². The summed E-state index contributed by atoms with van der Waals surface area (Å²) < 4.78 is 37.5. The van der Waals surface area contributed by atoms with E-state index in [4.69, 9.17) is 44.3 Å². The first kappa shape index (κ1) is 23.5. The van der Waals surface area contributed by atoms with Crippen LogP contribution in [0.2, 0.25) is 10.0 Å². The van der Waals surface area contributed by atoms with Gasteiger partial charge >= 0.3 is 0 Å². The van der Waals surface area contributed by atoms with Crippen LogP contribution in [0.15, 0.2) is 33.8 Å². The van der Waals surface area contributed by atoms with E-state index in [1.165, 1.54) is 12.3 Å². The van der Waals surface area contributed by atoms with Gasteiger partial charge in [0.1, 0.15) is 4.90 Å². The van der Waals surface area contributed by atoms with Gasteiger partial charge in [-0.25, -0.2) is 13.4 Å². The van der Waals surface area contributed by atoms with Crippen LogP contribution in [0.3, 0.4) is 0 Å². The second-order valence-corrected chi connectivity index (χ2v) is 10.0. The minimum absolute atomic E-state index is 0.00285. The number of hydrogen-bond acceptors (Lipinski definition) is 5. The number of ether oxygens (including phenoxy) is 2. The van der Waals surface area contributed by atoms with Crippen molar-refractivity contribution in [2.75, 3.05) is 18.2 Å². The largest absolute Gasteiger partial charge is 0.491 e. The van der Waals surface area contributed by atoms with Crippen LogP contribution in [-0.4, -0.2) is 31.6 Å². The molecular formula is C18H19BrCl3NO4S. The number of sulfone groups is 1. The van der Waals surface area contributed by atoms with E-state index in [2.05, 4.69) is 20.9 Å². The van der Waals surface area contributed by atoms with Gasteiger partial charge in [0.05, 0.1) is 28.6 Å². The third-order valence-corrected chi connectivity index (χ3v) is 6.72. The highest BCUT2D eigenvalue weighted by molar-refractivity contribution is 9.10. The molecule has 0 bridgehead atoms. The molecule has 154 valence electrons. The second-order valence-electron chi connectivity index (χ2n) is 5.83. The van der Waals surface area contributed by atoms with Gasteiger partial charge in [-0.15, -0.1) is 11.6 Å². The zero-order valence-electron chi connectivity index (χ0n) is 15.1. The van der Waals surface area contributed by atoms with Crippen LogP contribution in [0.25, 0.3) is 0 Å². The maximum atomic E-state index is 12.7. The molecule has 28 heavy (non-hydrogen) atoms. The molecule has 0 unspecified atom stereocenters. The van der Waals surface area contributed by atoms with Crippen molar-refractivity contribution in [1.29, 1.82) is 0 Å². The number of benzene rings is 1. The van der Waals surface area contributed by atoms with E-state index in [-0.39, 0.29) is 44.0 Å². The summed E-state index contributed by atoms with van der Waals surface area (Å²) in [6, 6.07) is 4.55. The third kappa shape index (κ3) is 6.39. The Morgan fingerprint density at radius 2 is 1.82 bits per heavy atom. The molecule has 2 aromatic rings. The Labute approximate surface area is 188 Å². The van der Waals surface area contributed by atoms with Gasteiger partial charge in [-0.05, 0) is 25.0 Å². The molecule has 0 aliphatic rings. The maximum absolute atomic E-state index is 12.7. The smallest absolute Gasteiger partial charge is 0.220 e. The van der Waals surface area contributed by atoms with Crippen LogP contribution in [0.5, 0.6) is 17.4 Å². The van der Waals surface area contributed by atoms with E-state index in [0.717, 1.165) is 12.8 Å². The van der Waals surface area contributed by atoms with Crippen LogP contribution in [0.4, 0.5) is 0 Å². The van der Waals surface area contributed by atoms with Gasteiger partial charge in [-0.1, -0.05) is 52.5 Å². The predicted octanol–water partition coefficient (Wildman–Crippen LogP) is 6.52. The number of rotatable bonds is 10. The van der Waals surface area contributed by atoms with Gasteiger partial charge in [0.25, 0.3) is 0 Å². The van der Waals surface area contributed by atoms with Crippen molar-refractivity contribution in [3.05, 3.63) is 38.9 Å². The van der Waals surface area contributed by atoms with Crippen molar-refractivity contribution in [1.82, 2.24) is 4.98 Å². The first-order chi connectivity index (χ1) is 13.3. The fourth-order valence-corrected chi connectivity index (χ4v) is 5.25. The van der Waals surface area contributed by atoms with Crippen molar-refractivity contribution in [3.8, 4) is 17.4 Å². The van der Waals surface area contributed by atoms with E-state index >= 15 is 0 Å². The first-order valence-electron chi connectivity index (χ1n) is 8.52. The molecule has 1 heterocycles. The molecule has 0 atom stereocenters. The topological polar surface area (TPSA) is 65.5 Å². The normalized spacial score (nSPS) is 11.5. The van der Waals surface area contributed by atoms with Crippen LogP contribution in [-0.2, 0) is 9.84 Å². The molecule has 0 saturated heterocycles. The van der Waals surface area contributed by atoms with Crippen molar-refractivity contribution in [3.63, 3.8) is 0 Å². The summed E-state index contributed by atoms with van der Waals surface area (Å²) in [5.74, 6) is 0.540. The number of nitrogens with zero attached hydrogens (tertiary/aromatic N) is 1. The van der Waals surface area contributed by atoms with Crippen molar-refractivity contribution in [2.24, 2.45) is 0 Å². The summed E-state index contributed by atoms with van der Waals surface area (Å²) in [6.07, 6.45) is 3.37. The number of aromatic nitrogens is 1. The van der Waals surface area contributed by atoms with Gasteiger partial charge in [0.2, 0.25) is 5.88 Å². The second kappa shape index (κ2) is 10.9. The summed E-state index contributed by atoms with van der Waals surface area (Å²) in [5.41, 5.74) is 0. The van der Waals surface area contributed by atoms with Gasteiger partial charge in [-0.2, -0.15) is 0 Å². The Hall–Kier alpha value is -0.730. The zero-order valence-corrected chi connectivity index (χ0v) is 19.7. The number of halogens is 4. The lowest BCUT2D eigenvalue weighted by molar-refractivity contribution is 0.299. The van der Waals surface area contributed by atoms with E-state index in [1.807, 2.05) is 6.92 Å². The maximum Gasteiger partial charge on any atom is 0.220 e. The van der Waals surface area contributed by atoms with Crippen LogP contribution < -0.4 is 9.47 Å². The lowest BCUT2D eigenvalue weighted by atomic mass is 10.3. The Morgan fingerprint density at radius 1 is 1.14 bits per heavy atom. The number of hydrogen-bond donors (Lipinski definition) is 0.